The molecule has 0 aliphatic rings. The van der Waals surface area contributed by atoms with Crippen molar-refractivity contribution >= 4 is 15.9 Å². The van der Waals surface area contributed by atoms with E-state index in [1.165, 1.54) is 12.1 Å². The lowest BCUT2D eigenvalue weighted by Crippen LogP contribution is -2.25. The number of halogens is 3. The van der Waals surface area contributed by atoms with E-state index in [0.29, 0.717) is 4.47 Å². The number of nitrogens with zero attached hydrogens (tertiary/aromatic N) is 1. The van der Waals surface area contributed by atoms with Crippen LogP contribution in [0.3, 0.4) is 0 Å². The minimum absolute atomic E-state index is 0.0360. The number of benzene rings is 1. The minimum atomic E-state index is -0.570. The van der Waals surface area contributed by atoms with Crippen LogP contribution in [0.1, 0.15) is 30.1 Å². The molecule has 2 nitrogen and oxygen atoms in total. The molecule has 2 atom stereocenters. The maximum atomic E-state index is 14.1. The van der Waals surface area contributed by atoms with Crippen LogP contribution in [0, 0.1) is 11.6 Å². The van der Waals surface area contributed by atoms with E-state index in [4.69, 9.17) is 0 Å². The Labute approximate surface area is 125 Å². The Morgan fingerprint density at radius 1 is 1.20 bits per heavy atom. The molecule has 2 aromatic rings. The summed E-state index contributed by atoms with van der Waals surface area (Å²) >= 11 is 3.09. The monoisotopic (exact) mass is 340 g/mol. The van der Waals surface area contributed by atoms with Gasteiger partial charge in [-0.1, -0.05) is 28.9 Å². The Morgan fingerprint density at radius 3 is 2.35 bits per heavy atom. The highest BCUT2D eigenvalue weighted by Gasteiger charge is 2.26. The quantitative estimate of drug-likeness (QED) is 0.902. The molecule has 0 bridgehead atoms. The number of nitrogens with one attached hydrogen (secondary N) is 1. The van der Waals surface area contributed by atoms with Gasteiger partial charge < -0.3 is 5.32 Å². The van der Waals surface area contributed by atoms with Crippen LogP contribution >= 0.6 is 15.9 Å². The Kier molecular flexibility index (Phi) is 4.83. The second-order valence-electron chi connectivity index (χ2n) is 4.59. The fraction of sp³-hybridized carbons (Fsp3) is 0.267. The van der Waals surface area contributed by atoms with E-state index in [9.17, 15) is 8.78 Å². The summed E-state index contributed by atoms with van der Waals surface area (Å²) in [7, 11) is 1.69. The molecule has 0 amide bonds. The summed E-state index contributed by atoms with van der Waals surface area (Å²) in [6.07, 6.45) is 1.67. The molecule has 0 radical (unpaired) electrons. The Morgan fingerprint density at radius 2 is 1.85 bits per heavy atom. The Balaban J connectivity index is 2.43. The van der Waals surface area contributed by atoms with Crippen molar-refractivity contribution < 1.29 is 8.78 Å². The van der Waals surface area contributed by atoms with Gasteiger partial charge >= 0.3 is 0 Å². The molecule has 0 saturated heterocycles. The van der Waals surface area contributed by atoms with Gasteiger partial charge in [0.1, 0.15) is 11.6 Å². The fourth-order valence-electron chi connectivity index (χ4n) is 2.31. The predicted molar refractivity (Wildman–Crippen MR) is 78.5 cm³/mol. The van der Waals surface area contributed by atoms with Gasteiger partial charge in [-0.05, 0) is 31.3 Å². The minimum Gasteiger partial charge on any atom is -0.312 e. The van der Waals surface area contributed by atoms with Crippen molar-refractivity contribution in [2.45, 2.75) is 18.9 Å². The maximum Gasteiger partial charge on any atom is 0.132 e. The van der Waals surface area contributed by atoms with Crippen LogP contribution in [0.15, 0.2) is 41.0 Å². The van der Waals surface area contributed by atoms with Gasteiger partial charge in [0, 0.05) is 33.9 Å². The van der Waals surface area contributed by atoms with Crippen molar-refractivity contribution in [2.24, 2.45) is 0 Å². The summed E-state index contributed by atoms with van der Waals surface area (Å²) in [4.78, 5) is 4.26. The van der Waals surface area contributed by atoms with E-state index in [0.717, 1.165) is 5.69 Å². The van der Waals surface area contributed by atoms with Crippen LogP contribution in [0.2, 0.25) is 0 Å². The van der Waals surface area contributed by atoms with Crippen LogP contribution < -0.4 is 5.32 Å². The molecule has 0 spiro atoms. The van der Waals surface area contributed by atoms with Crippen molar-refractivity contribution in [1.29, 1.82) is 0 Å². The first-order valence-corrected chi connectivity index (χ1v) is 7.06. The summed E-state index contributed by atoms with van der Waals surface area (Å²) in [6, 6.07) is 7.58. The lowest BCUT2D eigenvalue weighted by molar-refractivity contribution is 0.442. The zero-order valence-electron chi connectivity index (χ0n) is 11.2. The van der Waals surface area contributed by atoms with Crippen molar-refractivity contribution in [3.05, 3.63) is 63.9 Å². The van der Waals surface area contributed by atoms with Gasteiger partial charge in [-0.15, -0.1) is 0 Å². The molecule has 1 heterocycles. The largest absolute Gasteiger partial charge is 0.312 e. The zero-order chi connectivity index (χ0) is 14.7. The van der Waals surface area contributed by atoms with E-state index in [1.54, 1.807) is 13.2 Å². The highest BCUT2D eigenvalue weighted by atomic mass is 79.9. The van der Waals surface area contributed by atoms with Crippen LogP contribution in [0.25, 0.3) is 0 Å². The van der Waals surface area contributed by atoms with Crippen LogP contribution in [0.4, 0.5) is 8.78 Å². The average molecular weight is 341 g/mol. The van der Waals surface area contributed by atoms with Gasteiger partial charge in [0.15, 0.2) is 0 Å². The van der Waals surface area contributed by atoms with Crippen LogP contribution in [-0.2, 0) is 0 Å². The van der Waals surface area contributed by atoms with Gasteiger partial charge in [0.2, 0.25) is 0 Å². The topological polar surface area (TPSA) is 24.9 Å². The van der Waals surface area contributed by atoms with Gasteiger partial charge in [-0.25, -0.2) is 8.78 Å². The molecular weight excluding hydrogens is 326 g/mol. The van der Waals surface area contributed by atoms with E-state index < -0.39 is 17.7 Å². The van der Waals surface area contributed by atoms with Crippen molar-refractivity contribution in [3.8, 4) is 0 Å². The third-order valence-electron chi connectivity index (χ3n) is 3.32. The molecule has 5 heteroatoms. The van der Waals surface area contributed by atoms with Gasteiger partial charge in [0.25, 0.3) is 0 Å². The molecule has 2 unspecified atom stereocenters. The average Bonchev–Trinajstić information content (AvgIpc) is 2.43. The highest BCUT2D eigenvalue weighted by Crippen LogP contribution is 2.33. The molecule has 0 fully saturated rings. The molecule has 1 aromatic heterocycles. The lowest BCUT2D eigenvalue weighted by atomic mass is 9.91. The molecular formula is C15H15BrF2N2. The maximum absolute atomic E-state index is 14.1. The van der Waals surface area contributed by atoms with E-state index in [-0.39, 0.29) is 11.5 Å². The molecule has 1 N–H and O–H groups in total. The second kappa shape index (κ2) is 6.41. The molecule has 1 aromatic carbocycles. The van der Waals surface area contributed by atoms with Crippen LogP contribution in [0.5, 0.6) is 0 Å². The molecule has 0 saturated carbocycles. The van der Waals surface area contributed by atoms with Gasteiger partial charge in [-0.3, -0.25) is 4.98 Å². The Hall–Kier alpha value is -1.33. The predicted octanol–water partition coefficient (Wildman–Crippen LogP) is 4.19. The van der Waals surface area contributed by atoms with E-state index in [2.05, 4.69) is 26.2 Å². The third kappa shape index (κ3) is 3.04. The van der Waals surface area contributed by atoms with Gasteiger partial charge in [-0.2, -0.15) is 0 Å². The van der Waals surface area contributed by atoms with Crippen molar-refractivity contribution in [3.63, 3.8) is 0 Å². The second-order valence-corrected chi connectivity index (χ2v) is 5.51. The lowest BCUT2D eigenvalue weighted by Gasteiger charge is -2.24. The molecule has 20 heavy (non-hydrogen) atoms. The van der Waals surface area contributed by atoms with Crippen molar-refractivity contribution in [1.82, 2.24) is 10.3 Å². The number of hydrogen-bond acceptors (Lipinski definition) is 2. The van der Waals surface area contributed by atoms with Gasteiger partial charge in [0.05, 0.1) is 0 Å². The van der Waals surface area contributed by atoms with Crippen molar-refractivity contribution in [2.75, 3.05) is 7.05 Å². The summed E-state index contributed by atoms with van der Waals surface area (Å²) in [5.74, 6) is -1.30. The third-order valence-corrected chi connectivity index (χ3v) is 3.78. The summed E-state index contributed by atoms with van der Waals surface area (Å²) < 4.78 is 28.6. The Bertz CT molecular complexity index is 567. The number of likely N-dealkylation sites (N-methyl/N-ethyl adjacent to an activating group) is 1. The van der Waals surface area contributed by atoms with E-state index in [1.807, 2.05) is 25.1 Å². The zero-order valence-corrected chi connectivity index (χ0v) is 12.8. The molecule has 0 aliphatic carbocycles. The fourth-order valence-corrected chi connectivity index (χ4v) is 2.71. The first-order chi connectivity index (χ1) is 9.54. The summed E-state index contributed by atoms with van der Waals surface area (Å²) in [5, 5.41) is 2.98. The number of aromatic nitrogens is 1. The standard InChI is InChI=1S/C15H15BrF2N2/c1-9(13-5-3-4-6-20-13)15(19-2)14-11(17)7-10(16)8-12(14)18/h3-9,15,19H,1-2H3. The SMILES string of the molecule is CNC(c1c(F)cc(Br)cc1F)C(C)c1ccccn1. The van der Waals surface area contributed by atoms with E-state index >= 15 is 0 Å². The van der Waals surface area contributed by atoms with Crippen LogP contribution in [-0.4, -0.2) is 12.0 Å². The number of hydrogen-bond donors (Lipinski definition) is 1. The summed E-state index contributed by atoms with van der Waals surface area (Å²) in [5.41, 5.74) is 0.822. The first kappa shape index (κ1) is 15.1. The molecule has 0 aliphatic heterocycles. The summed E-state index contributed by atoms with van der Waals surface area (Å²) in [6.45, 7) is 1.89. The number of pyridine rings is 1. The molecule has 106 valence electrons. The normalized spacial score (nSPS) is 14.1. The number of rotatable bonds is 4. The molecule has 2 rings (SSSR count). The smallest absolute Gasteiger partial charge is 0.132 e. The first-order valence-electron chi connectivity index (χ1n) is 6.27. The highest BCUT2D eigenvalue weighted by molar-refractivity contribution is 9.10.